The van der Waals surface area contributed by atoms with E-state index in [9.17, 15) is 13.2 Å². The minimum absolute atomic E-state index is 0.00117. The van der Waals surface area contributed by atoms with Crippen molar-refractivity contribution in [2.45, 2.75) is 62.9 Å². The third-order valence-electron chi connectivity index (χ3n) is 3.92. The normalized spacial score (nSPS) is 17.6. The van der Waals surface area contributed by atoms with E-state index in [-0.39, 0.29) is 16.6 Å². The monoisotopic (exact) mass is 314 g/mol. The summed E-state index contributed by atoms with van der Waals surface area (Å²) in [4.78, 5) is 11.2. The lowest BCUT2D eigenvalue weighted by molar-refractivity contribution is 0.0685. The molecule has 0 unspecified atom stereocenters. The second-order valence-corrected chi connectivity index (χ2v) is 7.18. The smallest absolute Gasteiger partial charge is 0.352 e. The highest BCUT2D eigenvalue weighted by atomic mass is 32.2. The molecule has 0 radical (unpaired) electrons. The molecule has 0 aliphatic heterocycles. The van der Waals surface area contributed by atoms with Crippen LogP contribution in [0.25, 0.3) is 0 Å². The van der Waals surface area contributed by atoms with Crippen molar-refractivity contribution in [3.05, 3.63) is 18.0 Å². The molecule has 118 valence electrons. The van der Waals surface area contributed by atoms with Gasteiger partial charge in [-0.05, 0) is 25.8 Å². The van der Waals surface area contributed by atoms with Crippen molar-refractivity contribution in [3.63, 3.8) is 0 Å². The van der Waals surface area contributed by atoms with Crippen LogP contribution in [0.5, 0.6) is 0 Å². The summed E-state index contributed by atoms with van der Waals surface area (Å²) in [6, 6.07) is 1.18. The Morgan fingerprint density at radius 3 is 2.43 bits per heavy atom. The summed E-state index contributed by atoms with van der Waals surface area (Å²) in [6.45, 7) is 2.20. The fourth-order valence-corrected chi connectivity index (χ4v) is 4.10. The molecule has 2 N–H and O–H groups in total. The Morgan fingerprint density at radius 2 is 1.95 bits per heavy atom. The number of aromatic carboxylic acids is 1. The second kappa shape index (κ2) is 6.62. The van der Waals surface area contributed by atoms with E-state index in [1.165, 1.54) is 16.8 Å². The number of carboxylic acid groups (broad SMARTS) is 1. The predicted octanol–water partition coefficient (Wildman–Crippen LogP) is 2.21. The van der Waals surface area contributed by atoms with Crippen LogP contribution in [0.4, 0.5) is 0 Å². The van der Waals surface area contributed by atoms with E-state index in [0.29, 0.717) is 6.54 Å². The van der Waals surface area contributed by atoms with Gasteiger partial charge in [-0.1, -0.05) is 25.7 Å². The molecular weight excluding hydrogens is 292 g/mol. The molecule has 0 saturated heterocycles. The number of sulfonamides is 1. The molecule has 1 aliphatic rings. The summed E-state index contributed by atoms with van der Waals surface area (Å²) in [5, 5.41) is 9.10. The van der Waals surface area contributed by atoms with Crippen molar-refractivity contribution in [1.82, 2.24) is 9.29 Å². The minimum atomic E-state index is -3.66. The van der Waals surface area contributed by atoms with Crippen LogP contribution < -0.4 is 4.72 Å². The van der Waals surface area contributed by atoms with Crippen LogP contribution in [-0.4, -0.2) is 30.1 Å². The topological polar surface area (TPSA) is 88.4 Å². The lowest BCUT2D eigenvalue weighted by atomic mass is 10.1. The van der Waals surface area contributed by atoms with Crippen molar-refractivity contribution < 1.29 is 18.3 Å². The molecule has 0 amide bonds. The second-order valence-electron chi connectivity index (χ2n) is 5.46. The molecule has 1 heterocycles. The van der Waals surface area contributed by atoms with Crippen LogP contribution in [0.2, 0.25) is 0 Å². The van der Waals surface area contributed by atoms with Crippen molar-refractivity contribution in [2.24, 2.45) is 0 Å². The molecule has 6 nitrogen and oxygen atoms in total. The average Bonchev–Trinajstić information content (AvgIpc) is 2.73. The molecular formula is C14H22N2O4S. The van der Waals surface area contributed by atoms with Gasteiger partial charge in [-0.2, -0.15) is 0 Å². The van der Waals surface area contributed by atoms with Crippen LogP contribution in [0.3, 0.4) is 0 Å². The molecule has 0 aromatic carbocycles. The maximum Gasteiger partial charge on any atom is 0.352 e. The highest BCUT2D eigenvalue weighted by molar-refractivity contribution is 7.89. The van der Waals surface area contributed by atoms with Crippen molar-refractivity contribution >= 4 is 16.0 Å². The Balaban J connectivity index is 2.20. The quantitative estimate of drug-likeness (QED) is 0.816. The van der Waals surface area contributed by atoms with Gasteiger partial charge in [-0.15, -0.1) is 0 Å². The number of rotatable bonds is 5. The fourth-order valence-electron chi connectivity index (χ4n) is 2.76. The van der Waals surface area contributed by atoms with Crippen LogP contribution >= 0.6 is 0 Å². The molecule has 7 heteroatoms. The van der Waals surface area contributed by atoms with E-state index < -0.39 is 16.0 Å². The molecule has 1 aliphatic carbocycles. The van der Waals surface area contributed by atoms with Gasteiger partial charge in [0.05, 0.1) is 0 Å². The van der Waals surface area contributed by atoms with Gasteiger partial charge in [0.1, 0.15) is 10.6 Å². The van der Waals surface area contributed by atoms with E-state index in [1.54, 1.807) is 6.92 Å². The molecule has 1 aromatic rings. The summed E-state index contributed by atoms with van der Waals surface area (Å²) in [5.41, 5.74) is -0.00117. The van der Waals surface area contributed by atoms with Crippen LogP contribution in [0.15, 0.2) is 17.2 Å². The third-order valence-corrected chi connectivity index (χ3v) is 5.41. The van der Waals surface area contributed by atoms with Gasteiger partial charge in [0.15, 0.2) is 0 Å². The van der Waals surface area contributed by atoms with Crippen molar-refractivity contribution in [2.75, 3.05) is 0 Å². The van der Waals surface area contributed by atoms with E-state index in [2.05, 4.69) is 4.72 Å². The highest BCUT2D eigenvalue weighted by Crippen LogP contribution is 2.21. The van der Waals surface area contributed by atoms with Gasteiger partial charge in [0, 0.05) is 18.8 Å². The molecule has 0 atom stereocenters. The van der Waals surface area contributed by atoms with Crippen LogP contribution in [-0.2, 0) is 16.6 Å². The molecule has 2 rings (SSSR count). The zero-order chi connectivity index (χ0) is 15.5. The summed E-state index contributed by atoms with van der Waals surface area (Å²) >= 11 is 0. The summed E-state index contributed by atoms with van der Waals surface area (Å²) in [6.07, 6.45) is 7.44. The van der Waals surface area contributed by atoms with Crippen LogP contribution in [0.1, 0.15) is 55.9 Å². The Labute approximate surface area is 125 Å². The molecule has 1 saturated carbocycles. The Kier molecular flexibility index (Phi) is 5.05. The lowest BCUT2D eigenvalue weighted by Gasteiger charge is -2.15. The first-order valence-electron chi connectivity index (χ1n) is 7.40. The van der Waals surface area contributed by atoms with Crippen LogP contribution in [0, 0.1) is 0 Å². The number of nitrogens with one attached hydrogen (secondary N) is 1. The number of carboxylic acids is 1. The van der Waals surface area contributed by atoms with Gasteiger partial charge in [-0.3, -0.25) is 0 Å². The van der Waals surface area contributed by atoms with Gasteiger partial charge >= 0.3 is 5.97 Å². The standard InChI is InChI=1S/C14H22N2O4S/c1-2-16-10-12(9-13(16)14(17)18)21(19,20)15-11-7-5-3-4-6-8-11/h9-11,15H,2-8H2,1H3,(H,17,18). The zero-order valence-electron chi connectivity index (χ0n) is 12.2. The molecule has 21 heavy (non-hydrogen) atoms. The number of aromatic nitrogens is 1. The van der Waals surface area contributed by atoms with Gasteiger partial charge in [0.2, 0.25) is 10.0 Å². The number of carbonyl (C=O) groups is 1. The summed E-state index contributed by atoms with van der Waals surface area (Å²) < 4.78 is 29.0. The molecule has 0 bridgehead atoms. The maximum absolute atomic E-state index is 12.4. The molecule has 1 aromatic heterocycles. The van der Waals surface area contributed by atoms with E-state index in [0.717, 1.165) is 38.5 Å². The third kappa shape index (κ3) is 3.85. The van der Waals surface area contributed by atoms with E-state index >= 15 is 0 Å². The molecule has 0 spiro atoms. The number of hydrogen-bond acceptors (Lipinski definition) is 3. The van der Waals surface area contributed by atoms with Gasteiger partial charge in [-0.25, -0.2) is 17.9 Å². The maximum atomic E-state index is 12.4. The molecule has 1 fully saturated rings. The number of aryl methyl sites for hydroxylation is 1. The lowest BCUT2D eigenvalue weighted by Crippen LogP contribution is -2.34. The fraction of sp³-hybridized carbons (Fsp3) is 0.643. The Morgan fingerprint density at radius 1 is 1.33 bits per heavy atom. The summed E-state index contributed by atoms with van der Waals surface area (Å²) in [5.74, 6) is -1.12. The van der Waals surface area contributed by atoms with Gasteiger partial charge < -0.3 is 9.67 Å². The highest BCUT2D eigenvalue weighted by Gasteiger charge is 2.24. The number of hydrogen-bond donors (Lipinski definition) is 2. The predicted molar refractivity (Wildman–Crippen MR) is 78.9 cm³/mol. The Bertz CT molecular complexity index is 598. The largest absolute Gasteiger partial charge is 0.477 e. The SMILES string of the molecule is CCn1cc(S(=O)(=O)NC2CCCCCC2)cc1C(=O)O. The Hall–Kier alpha value is -1.34. The first kappa shape index (κ1) is 16.0. The van der Waals surface area contributed by atoms with E-state index in [4.69, 9.17) is 5.11 Å². The first-order chi connectivity index (χ1) is 9.94. The van der Waals surface area contributed by atoms with Crippen molar-refractivity contribution in [3.8, 4) is 0 Å². The first-order valence-corrected chi connectivity index (χ1v) is 8.88. The minimum Gasteiger partial charge on any atom is -0.477 e. The zero-order valence-corrected chi connectivity index (χ0v) is 13.0. The summed E-state index contributed by atoms with van der Waals surface area (Å²) in [7, 11) is -3.66. The number of nitrogens with zero attached hydrogens (tertiary/aromatic N) is 1. The van der Waals surface area contributed by atoms with E-state index in [1.807, 2.05) is 0 Å². The van der Waals surface area contributed by atoms with Crippen molar-refractivity contribution in [1.29, 1.82) is 0 Å². The average molecular weight is 314 g/mol. The van der Waals surface area contributed by atoms with Gasteiger partial charge in [0.25, 0.3) is 0 Å².